The molecule has 1 N–H and O–H groups in total. The van der Waals surface area contributed by atoms with Crippen LogP contribution in [0.25, 0.3) is 0 Å². The lowest BCUT2D eigenvalue weighted by Gasteiger charge is -2.34. The van der Waals surface area contributed by atoms with E-state index in [1.54, 1.807) is 19.5 Å². The van der Waals surface area contributed by atoms with Gasteiger partial charge < -0.3 is 15.0 Å². The highest BCUT2D eigenvalue weighted by molar-refractivity contribution is 6.33. The van der Waals surface area contributed by atoms with Gasteiger partial charge in [-0.1, -0.05) is 11.6 Å². The highest BCUT2D eigenvalue weighted by Gasteiger charge is 2.19. The van der Waals surface area contributed by atoms with Gasteiger partial charge in [-0.3, -0.25) is 4.98 Å². The first-order chi connectivity index (χ1) is 10.8. The Labute approximate surface area is 136 Å². The van der Waals surface area contributed by atoms with Crippen molar-refractivity contribution in [3.05, 3.63) is 47.7 Å². The maximum absolute atomic E-state index is 6.15. The Morgan fingerprint density at radius 2 is 1.91 bits per heavy atom. The van der Waals surface area contributed by atoms with E-state index in [2.05, 4.69) is 27.3 Å². The number of rotatable bonds is 4. The average molecular weight is 318 g/mol. The Bertz CT molecular complexity index is 610. The third kappa shape index (κ3) is 3.45. The van der Waals surface area contributed by atoms with Crippen molar-refractivity contribution in [1.82, 2.24) is 4.98 Å². The van der Waals surface area contributed by atoms with Gasteiger partial charge in [0.25, 0.3) is 0 Å². The van der Waals surface area contributed by atoms with E-state index in [0.717, 1.165) is 37.4 Å². The number of halogens is 1. The van der Waals surface area contributed by atoms with Crippen molar-refractivity contribution in [2.45, 2.75) is 18.9 Å². The monoisotopic (exact) mass is 317 g/mol. The number of nitrogens with zero attached hydrogens (tertiary/aromatic N) is 2. The normalized spacial score (nSPS) is 15.6. The van der Waals surface area contributed by atoms with Gasteiger partial charge in [-0.05, 0) is 43.2 Å². The molecule has 4 nitrogen and oxygen atoms in total. The largest absolute Gasteiger partial charge is 0.497 e. The summed E-state index contributed by atoms with van der Waals surface area (Å²) in [6, 6.07) is 10.6. The van der Waals surface area contributed by atoms with Crippen LogP contribution in [-0.2, 0) is 0 Å². The molecular weight excluding hydrogens is 298 g/mol. The summed E-state index contributed by atoms with van der Waals surface area (Å²) in [5.41, 5.74) is 2.22. The van der Waals surface area contributed by atoms with Gasteiger partial charge in [-0.2, -0.15) is 0 Å². The van der Waals surface area contributed by atoms with Crippen LogP contribution < -0.4 is 15.0 Å². The number of hydrogen-bond donors (Lipinski definition) is 1. The van der Waals surface area contributed by atoms with E-state index in [0.29, 0.717) is 11.1 Å². The molecule has 0 spiro atoms. The molecule has 1 saturated heterocycles. The third-order valence-corrected chi connectivity index (χ3v) is 4.37. The number of nitrogens with one attached hydrogen (secondary N) is 1. The van der Waals surface area contributed by atoms with Crippen LogP contribution in [0.15, 0.2) is 42.7 Å². The molecule has 2 heterocycles. The summed E-state index contributed by atoms with van der Waals surface area (Å²) in [6.45, 7) is 2.07. The summed E-state index contributed by atoms with van der Waals surface area (Å²) in [6.07, 6.45) is 5.62. The topological polar surface area (TPSA) is 37.4 Å². The molecule has 0 atom stereocenters. The summed E-state index contributed by atoms with van der Waals surface area (Å²) in [5.74, 6) is 0.896. The Kier molecular flexibility index (Phi) is 4.68. The Morgan fingerprint density at radius 1 is 1.18 bits per heavy atom. The van der Waals surface area contributed by atoms with Crippen LogP contribution in [0.5, 0.6) is 5.75 Å². The molecule has 116 valence electrons. The molecule has 0 radical (unpaired) electrons. The number of aromatic nitrogens is 1. The zero-order valence-electron chi connectivity index (χ0n) is 12.6. The third-order valence-electron chi connectivity index (χ3n) is 4.06. The molecule has 5 heteroatoms. The smallest absolute Gasteiger partial charge is 0.119 e. The van der Waals surface area contributed by atoms with Gasteiger partial charge in [-0.15, -0.1) is 0 Å². The molecule has 0 unspecified atom stereocenters. The number of methoxy groups -OCH3 is 1. The van der Waals surface area contributed by atoms with Crippen molar-refractivity contribution in [2.75, 3.05) is 30.4 Å². The summed E-state index contributed by atoms with van der Waals surface area (Å²) in [7, 11) is 1.69. The minimum absolute atomic E-state index is 0.453. The van der Waals surface area contributed by atoms with Crippen LogP contribution in [0, 0.1) is 0 Å². The van der Waals surface area contributed by atoms with E-state index < -0.39 is 0 Å². The minimum Gasteiger partial charge on any atom is -0.497 e. The highest BCUT2D eigenvalue weighted by Crippen LogP contribution is 2.26. The first-order valence-electron chi connectivity index (χ1n) is 7.51. The van der Waals surface area contributed by atoms with E-state index in [1.807, 2.05) is 18.2 Å². The van der Waals surface area contributed by atoms with E-state index >= 15 is 0 Å². The van der Waals surface area contributed by atoms with E-state index in [9.17, 15) is 0 Å². The number of hydrogen-bond acceptors (Lipinski definition) is 4. The van der Waals surface area contributed by atoms with Gasteiger partial charge in [0.05, 0.1) is 17.8 Å². The number of pyridine rings is 1. The fourth-order valence-corrected chi connectivity index (χ4v) is 2.96. The molecule has 1 fully saturated rings. The molecule has 1 aliphatic heterocycles. The van der Waals surface area contributed by atoms with Crippen LogP contribution in [-0.4, -0.2) is 31.2 Å². The standard InChI is InChI=1S/C17H20ClN3O/c1-22-15-4-2-14(3-5-15)21-10-7-13(8-11-21)20-17-6-9-19-12-16(17)18/h2-6,9,12-13H,7-8,10-11H2,1H3,(H,19,20). The predicted octanol–water partition coefficient (Wildman–Crippen LogP) is 3.82. The molecule has 1 aromatic carbocycles. The lowest BCUT2D eigenvalue weighted by Crippen LogP contribution is -2.39. The van der Waals surface area contributed by atoms with E-state index in [1.165, 1.54) is 5.69 Å². The van der Waals surface area contributed by atoms with E-state index in [4.69, 9.17) is 16.3 Å². The van der Waals surface area contributed by atoms with Crippen molar-refractivity contribution in [1.29, 1.82) is 0 Å². The lowest BCUT2D eigenvalue weighted by molar-refractivity contribution is 0.414. The Balaban J connectivity index is 1.57. The zero-order chi connectivity index (χ0) is 15.4. The van der Waals surface area contributed by atoms with Crippen molar-refractivity contribution in [3.8, 4) is 5.75 Å². The highest BCUT2D eigenvalue weighted by atomic mass is 35.5. The van der Waals surface area contributed by atoms with Crippen molar-refractivity contribution in [2.24, 2.45) is 0 Å². The Hall–Kier alpha value is -1.94. The molecular formula is C17H20ClN3O. The maximum Gasteiger partial charge on any atom is 0.119 e. The summed E-state index contributed by atoms with van der Waals surface area (Å²) >= 11 is 6.15. The molecule has 0 aliphatic carbocycles. The molecule has 0 saturated carbocycles. The average Bonchev–Trinajstić information content (AvgIpc) is 2.58. The molecule has 0 amide bonds. The van der Waals surface area contributed by atoms with Crippen molar-refractivity contribution >= 4 is 23.0 Å². The van der Waals surface area contributed by atoms with Gasteiger partial charge in [-0.25, -0.2) is 0 Å². The lowest BCUT2D eigenvalue weighted by atomic mass is 10.0. The van der Waals surface area contributed by atoms with Crippen molar-refractivity contribution in [3.63, 3.8) is 0 Å². The second kappa shape index (κ2) is 6.88. The Morgan fingerprint density at radius 3 is 2.55 bits per heavy atom. The number of anilines is 2. The van der Waals surface area contributed by atoms with E-state index in [-0.39, 0.29) is 0 Å². The number of piperidine rings is 1. The molecule has 0 bridgehead atoms. The van der Waals surface area contributed by atoms with Crippen LogP contribution in [0.1, 0.15) is 12.8 Å². The quantitative estimate of drug-likeness (QED) is 0.930. The SMILES string of the molecule is COc1ccc(N2CCC(Nc3ccncc3Cl)CC2)cc1. The first-order valence-corrected chi connectivity index (χ1v) is 7.89. The molecule has 2 aromatic rings. The summed E-state index contributed by atoms with van der Waals surface area (Å²) < 4.78 is 5.21. The van der Waals surface area contributed by atoms with Crippen LogP contribution in [0.3, 0.4) is 0 Å². The second-order valence-electron chi connectivity index (χ2n) is 5.46. The minimum atomic E-state index is 0.453. The number of benzene rings is 1. The molecule has 1 aromatic heterocycles. The van der Waals surface area contributed by atoms with Gasteiger partial charge in [0, 0.05) is 37.2 Å². The molecule has 22 heavy (non-hydrogen) atoms. The van der Waals surface area contributed by atoms with Crippen LogP contribution in [0.4, 0.5) is 11.4 Å². The number of ether oxygens (including phenoxy) is 1. The van der Waals surface area contributed by atoms with Gasteiger partial charge >= 0.3 is 0 Å². The van der Waals surface area contributed by atoms with Crippen LogP contribution >= 0.6 is 11.6 Å². The van der Waals surface area contributed by atoms with Crippen molar-refractivity contribution < 1.29 is 4.74 Å². The summed E-state index contributed by atoms with van der Waals surface area (Å²) in [5, 5.41) is 4.20. The molecule has 1 aliphatic rings. The fraction of sp³-hybridized carbons (Fsp3) is 0.353. The first kappa shape index (κ1) is 15.0. The zero-order valence-corrected chi connectivity index (χ0v) is 13.4. The second-order valence-corrected chi connectivity index (χ2v) is 5.87. The molecule has 3 rings (SSSR count). The predicted molar refractivity (Wildman–Crippen MR) is 91.1 cm³/mol. The fourth-order valence-electron chi connectivity index (χ4n) is 2.79. The van der Waals surface area contributed by atoms with Gasteiger partial charge in [0.2, 0.25) is 0 Å². The van der Waals surface area contributed by atoms with Crippen LogP contribution in [0.2, 0.25) is 5.02 Å². The van der Waals surface area contributed by atoms with Gasteiger partial charge in [0.1, 0.15) is 5.75 Å². The summed E-state index contributed by atoms with van der Waals surface area (Å²) in [4.78, 5) is 6.42. The maximum atomic E-state index is 6.15. The van der Waals surface area contributed by atoms with Gasteiger partial charge in [0.15, 0.2) is 0 Å².